The lowest BCUT2D eigenvalue weighted by molar-refractivity contribution is -0.122. The Morgan fingerprint density at radius 1 is 1.45 bits per heavy atom. The lowest BCUT2D eigenvalue weighted by Gasteiger charge is -2.17. The van der Waals surface area contributed by atoms with Crippen molar-refractivity contribution in [2.75, 3.05) is 13.1 Å². The highest BCUT2D eigenvalue weighted by Gasteiger charge is 2.24. The molecule has 0 aliphatic carbocycles. The summed E-state index contributed by atoms with van der Waals surface area (Å²) in [6, 6.07) is 10.7. The molecule has 2 unspecified atom stereocenters. The van der Waals surface area contributed by atoms with Gasteiger partial charge in [0.05, 0.1) is 0 Å². The van der Waals surface area contributed by atoms with Gasteiger partial charge in [0.2, 0.25) is 5.91 Å². The smallest absolute Gasteiger partial charge is 0.221 e. The normalized spacial score (nSPS) is 20.8. The van der Waals surface area contributed by atoms with Crippen molar-refractivity contribution in [1.82, 2.24) is 10.2 Å². The Balaban J connectivity index is 1.74. The second kappa shape index (κ2) is 7.41. The molecule has 1 amide bonds. The first-order valence-corrected chi connectivity index (χ1v) is 7.48. The fraction of sp³-hybridized carbons (Fsp3) is 0.562. The van der Waals surface area contributed by atoms with Crippen molar-refractivity contribution in [2.24, 2.45) is 5.73 Å². The molecule has 2 atom stereocenters. The summed E-state index contributed by atoms with van der Waals surface area (Å²) >= 11 is 0. The van der Waals surface area contributed by atoms with E-state index in [-0.39, 0.29) is 18.0 Å². The summed E-state index contributed by atoms with van der Waals surface area (Å²) in [6.45, 7) is 4.94. The molecule has 1 aromatic carbocycles. The highest BCUT2D eigenvalue weighted by molar-refractivity contribution is 5.76. The molecule has 0 radical (unpaired) electrons. The minimum atomic E-state index is -0.0168. The number of hydrogen-bond donors (Lipinski definition) is 2. The van der Waals surface area contributed by atoms with Crippen molar-refractivity contribution in [3.05, 3.63) is 35.9 Å². The standard InChI is InChI=1S/C16H25N3O/c1-2-14(17)10-16(20)18-15-8-9-19(12-15)11-13-6-4-3-5-7-13/h3-7,14-15H,2,8-12,17H2,1H3,(H,18,20). The van der Waals surface area contributed by atoms with E-state index in [0.29, 0.717) is 6.42 Å². The molecule has 20 heavy (non-hydrogen) atoms. The van der Waals surface area contributed by atoms with Gasteiger partial charge in [-0.2, -0.15) is 0 Å². The summed E-state index contributed by atoms with van der Waals surface area (Å²) in [4.78, 5) is 14.2. The number of nitrogens with one attached hydrogen (secondary N) is 1. The topological polar surface area (TPSA) is 58.4 Å². The number of carbonyl (C=O) groups excluding carboxylic acids is 1. The number of rotatable bonds is 6. The average Bonchev–Trinajstić information content (AvgIpc) is 2.86. The van der Waals surface area contributed by atoms with Crippen molar-refractivity contribution in [3.63, 3.8) is 0 Å². The van der Waals surface area contributed by atoms with Crippen LogP contribution in [0.4, 0.5) is 0 Å². The van der Waals surface area contributed by atoms with Gasteiger partial charge in [0.25, 0.3) is 0 Å². The third-order valence-corrected chi connectivity index (χ3v) is 3.86. The largest absolute Gasteiger partial charge is 0.352 e. The van der Waals surface area contributed by atoms with Gasteiger partial charge < -0.3 is 11.1 Å². The van der Waals surface area contributed by atoms with Crippen LogP contribution < -0.4 is 11.1 Å². The second-order valence-electron chi connectivity index (χ2n) is 5.65. The number of benzene rings is 1. The van der Waals surface area contributed by atoms with Crippen LogP contribution in [-0.2, 0) is 11.3 Å². The Morgan fingerprint density at radius 3 is 2.90 bits per heavy atom. The van der Waals surface area contributed by atoms with Crippen LogP contribution in [0.1, 0.15) is 31.7 Å². The Morgan fingerprint density at radius 2 is 2.20 bits per heavy atom. The zero-order valence-electron chi connectivity index (χ0n) is 12.2. The van der Waals surface area contributed by atoms with Crippen molar-refractivity contribution in [1.29, 1.82) is 0 Å². The number of nitrogens with zero attached hydrogens (tertiary/aromatic N) is 1. The summed E-state index contributed by atoms with van der Waals surface area (Å²) in [5.74, 6) is 0.0888. The van der Waals surface area contributed by atoms with E-state index < -0.39 is 0 Å². The van der Waals surface area contributed by atoms with Gasteiger partial charge >= 0.3 is 0 Å². The number of likely N-dealkylation sites (tertiary alicyclic amines) is 1. The molecule has 1 fully saturated rings. The summed E-state index contributed by atoms with van der Waals surface area (Å²) in [6.07, 6.45) is 2.31. The molecule has 0 saturated carbocycles. The molecule has 1 saturated heterocycles. The van der Waals surface area contributed by atoms with E-state index in [4.69, 9.17) is 5.73 Å². The molecule has 0 spiro atoms. The molecule has 1 aliphatic rings. The Hall–Kier alpha value is -1.39. The van der Waals surface area contributed by atoms with E-state index in [1.807, 2.05) is 13.0 Å². The van der Waals surface area contributed by atoms with Crippen LogP contribution in [0.3, 0.4) is 0 Å². The molecule has 1 heterocycles. The van der Waals surface area contributed by atoms with E-state index in [0.717, 1.165) is 32.5 Å². The van der Waals surface area contributed by atoms with Gasteiger partial charge in [-0.1, -0.05) is 37.3 Å². The Kier molecular flexibility index (Phi) is 5.56. The number of nitrogens with two attached hydrogens (primary N) is 1. The second-order valence-corrected chi connectivity index (χ2v) is 5.65. The van der Waals surface area contributed by atoms with Gasteiger partial charge in [0.1, 0.15) is 0 Å². The van der Waals surface area contributed by atoms with Gasteiger partial charge in [-0.15, -0.1) is 0 Å². The molecule has 0 aromatic heterocycles. The van der Waals surface area contributed by atoms with Gasteiger partial charge in [0, 0.05) is 38.1 Å². The molecule has 110 valence electrons. The van der Waals surface area contributed by atoms with Crippen molar-refractivity contribution < 1.29 is 4.79 Å². The molecular formula is C16H25N3O. The fourth-order valence-corrected chi connectivity index (χ4v) is 2.60. The molecule has 1 aromatic rings. The highest BCUT2D eigenvalue weighted by Crippen LogP contribution is 2.13. The van der Waals surface area contributed by atoms with Crippen LogP contribution in [0.15, 0.2) is 30.3 Å². The van der Waals surface area contributed by atoms with Crippen LogP contribution in [-0.4, -0.2) is 36.0 Å². The van der Waals surface area contributed by atoms with Crippen LogP contribution in [0.25, 0.3) is 0 Å². The molecule has 3 N–H and O–H groups in total. The minimum absolute atomic E-state index is 0.0168. The maximum Gasteiger partial charge on any atom is 0.221 e. The average molecular weight is 275 g/mol. The Labute approximate surface area is 121 Å². The number of hydrogen-bond acceptors (Lipinski definition) is 3. The van der Waals surface area contributed by atoms with E-state index in [2.05, 4.69) is 34.5 Å². The summed E-state index contributed by atoms with van der Waals surface area (Å²) < 4.78 is 0. The molecule has 4 nitrogen and oxygen atoms in total. The number of carbonyl (C=O) groups is 1. The van der Waals surface area contributed by atoms with Gasteiger partial charge in [-0.3, -0.25) is 9.69 Å². The zero-order chi connectivity index (χ0) is 14.4. The predicted molar refractivity (Wildman–Crippen MR) is 81.2 cm³/mol. The van der Waals surface area contributed by atoms with Gasteiger partial charge in [-0.25, -0.2) is 0 Å². The van der Waals surface area contributed by atoms with E-state index in [1.54, 1.807) is 0 Å². The first-order chi connectivity index (χ1) is 9.67. The summed E-state index contributed by atoms with van der Waals surface area (Å²) in [7, 11) is 0. The predicted octanol–water partition coefficient (Wildman–Crippen LogP) is 1.50. The van der Waals surface area contributed by atoms with Crippen LogP contribution >= 0.6 is 0 Å². The fourth-order valence-electron chi connectivity index (χ4n) is 2.60. The maximum absolute atomic E-state index is 11.8. The zero-order valence-corrected chi connectivity index (χ0v) is 12.2. The van der Waals surface area contributed by atoms with E-state index in [1.165, 1.54) is 5.56 Å². The van der Waals surface area contributed by atoms with E-state index >= 15 is 0 Å². The van der Waals surface area contributed by atoms with Crippen molar-refractivity contribution in [2.45, 2.75) is 44.8 Å². The highest BCUT2D eigenvalue weighted by atomic mass is 16.1. The molecule has 4 heteroatoms. The molecule has 1 aliphatic heterocycles. The lowest BCUT2D eigenvalue weighted by atomic mass is 10.1. The van der Waals surface area contributed by atoms with Gasteiger partial charge in [0.15, 0.2) is 0 Å². The quantitative estimate of drug-likeness (QED) is 0.827. The van der Waals surface area contributed by atoms with E-state index in [9.17, 15) is 4.79 Å². The minimum Gasteiger partial charge on any atom is -0.352 e. The molecule has 0 bridgehead atoms. The first-order valence-electron chi connectivity index (χ1n) is 7.48. The lowest BCUT2D eigenvalue weighted by Crippen LogP contribution is -2.39. The third kappa shape index (κ3) is 4.62. The third-order valence-electron chi connectivity index (χ3n) is 3.86. The monoisotopic (exact) mass is 275 g/mol. The van der Waals surface area contributed by atoms with Gasteiger partial charge in [-0.05, 0) is 18.4 Å². The Bertz CT molecular complexity index is 421. The number of amides is 1. The van der Waals surface area contributed by atoms with Crippen molar-refractivity contribution >= 4 is 5.91 Å². The van der Waals surface area contributed by atoms with Crippen LogP contribution in [0, 0.1) is 0 Å². The van der Waals surface area contributed by atoms with Crippen LogP contribution in [0.2, 0.25) is 0 Å². The van der Waals surface area contributed by atoms with Crippen molar-refractivity contribution in [3.8, 4) is 0 Å². The SMILES string of the molecule is CCC(N)CC(=O)NC1CCN(Cc2ccccc2)C1. The molecular weight excluding hydrogens is 250 g/mol. The maximum atomic E-state index is 11.8. The summed E-state index contributed by atoms with van der Waals surface area (Å²) in [5.41, 5.74) is 7.13. The first kappa shape index (κ1) is 15.0. The molecule has 2 rings (SSSR count). The summed E-state index contributed by atoms with van der Waals surface area (Å²) in [5, 5.41) is 3.10. The van der Waals surface area contributed by atoms with Crippen LogP contribution in [0.5, 0.6) is 0 Å².